The highest BCUT2D eigenvalue weighted by atomic mass is 32.2. The normalized spacial score (nSPS) is 21.2. The summed E-state index contributed by atoms with van der Waals surface area (Å²) in [6.07, 6.45) is -4.06. The maximum atomic E-state index is 12.7. The molecule has 6 nitrogen and oxygen atoms in total. The summed E-state index contributed by atoms with van der Waals surface area (Å²) in [6.45, 7) is 0.261. The van der Waals surface area contributed by atoms with Gasteiger partial charge >= 0.3 is 6.18 Å². The summed E-state index contributed by atoms with van der Waals surface area (Å²) in [5.41, 5.74) is -1.05. The molecule has 1 atom stereocenters. The van der Waals surface area contributed by atoms with Crippen molar-refractivity contribution in [2.75, 3.05) is 35.7 Å². The van der Waals surface area contributed by atoms with Gasteiger partial charge < -0.3 is 10.6 Å². The van der Waals surface area contributed by atoms with Crippen molar-refractivity contribution in [2.45, 2.75) is 12.6 Å². The molecule has 0 saturated carbocycles. The molecule has 118 valence electrons. The number of anilines is 2. The number of sulfone groups is 1. The van der Waals surface area contributed by atoms with E-state index >= 15 is 0 Å². The van der Waals surface area contributed by atoms with E-state index in [2.05, 4.69) is 20.6 Å². The summed E-state index contributed by atoms with van der Waals surface area (Å²) in [5, 5.41) is 5.22. The Kier molecular flexibility index (Phi) is 4.26. The van der Waals surface area contributed by atoms with Crippen molar-refractivity contribution in [2.24, 2.45) is 5.92 Å². The van der Waals surface area contributed by atoms with E-state index in [0.717, 1.165) is 6.07 Å². The lowest BCUT2D eigenvalue weighted by molar-refractivity contribution is -0.141. The minimum Gasteiger partial charge on any atom is -0.370 e. The van der Waals surface area contributed by atoms with Crippen molar-refractivity contribution < 1.29 is 21.6 Å². The summed E-state index contributed by atoms with van der Waals surface area (Å²) in [5.74, 6) is -0.0657. The van der Waals surface area contributed by atoms with E-state index < -0.39 is 21.7 Å². The maximum absolute atomic E-state index is 12.7. The molecule has 1 fully saturated rings. The first-order valence-corrected chi connectivity index (χ1v) is 8.10. The Morgan fingerprint density at radius 2 is 2.10 bits per heavy atom. The van der Waals surface area contributed by atoms with E-state index in [9.17, 15) is 21.6 Å². The van der Waals surface area contributed by atoms with Crippen molar-refractivity contribution in [1.29, 1.82) is 0 Å². The smallest absolute Gasteiger partial charge is 0.370 e. The van der Waals surface area contributed by atoms with E-state index in [-0.39, 0.29) is 35.7 Å². The first-order valence-electron chi connectivity index (χ1n) is 6.28. The summed E-state index contributed by atoms with van der Waals surface area (Å²) in [7, 11) is -1.59. The van der Waals surface area contributed by atoms with Crippen molar-refractivity contribution in [3.63, 3.8) is 0 Å². The number of rotatable bonds is 4. The lowest BCUT2D eigenvalue weighted by Gasteiger charge is -2.13. The average Bonchev–Trinajstić information content (AvgIpc) is 2.74. The Labute approximate surface area is 120 Å². The number of alkyl halides is 3. The molecule has 0 radical (unpaired) electrons. The fraction of sp³-hybridized carbons (Fsp3) is 0.636. The van der Waals surface area contributed by atoms with Crippen LogP contribution in [0, 0.1) is 5.92 Å². The molecule has 0 spiro atoms. The highest BCUT2D eigenvalue weighted by Gasteiger charge is 2.34. The first kappa shape index (κ1) is 15.8. The topological polar surface area (TPSA) is 84.0 Å². The fourth-order valence-corrected chi connectivity index (χ4v) is 3.94. The zero-order chi connectivity index (χ0) is 15.7. The van der Waals surface area contributed by atoms with Gasteiger partial charge in [0.15, 0.2) is 15.5 Å². The summed E-state index contributed by atoms with van der Waals surface area (Å²) < 4.78 is 60.8. The number of halogens is 3. The molecule has 1 aliphatic heterocycles. The predicted octanol–water partition coefficient (Wildman–Crippen LogP) is 1.38. The Hall–Kier alpha value is -1.58. The molecule has 1 aromatic heterocycles. The van der Waals surface area contributed by atoms with Crippen molar-refractivity contribution in [3.8, 4) is 0 Å². The molecule has 1 aliphatic rings. The van der Waals surface area contributed by atoms with Crippen LogP contribution in [0.2, 0.25) is 0 Å². The highest BCUT2D eigenvalue weighted by Crippen LogP contribution is 2.29. The third-order valence-electron chi connectivity index (χ3n) is 3.14. The molecule has 2 rings (SSSR count). The molecule has 0 amide bonds. The van der Waals surface area contributed by atoms with Gasteiger partial charge in [-0.15, -0.1) is 0 Å². The zero-order valence-electron chi connectivity index (χ0n) is 11.2. The van der Waals surface area contributed by atoms with Crippen LogP contribution < -0.4 is 10.6 Å². The van der Waals surface area contributed by atoms with Gasteiger partial charge in [0, 0.05) is 19.7 Å². The van der Waals surface area contributed by atoms with E-state index in [0.29, 0.717) is 6.42 Å². The summed E-state index contributed by atoms with van der Waals surface area (Å²) in [6, 6.07) is 0.810. The Morgan fingerprint density at radius 1 is 1.38 bits per heavy atom. The molecular formula is C11H15F3N4O2S. The molecular weight excluding hydrogens is 309 g/mol. The van der Waals surface area contributed by atoms with Gasteiger partial charge in [-0.1, -0.05) is 0 Å². The summed E-state index contributed by atoms with van der Waals surface area (Å²) >= 11 is 0. The molecule has 1 saturated heterocycles. The van der Waals surface area contributed by atoms with Crippen LogP contribution in [0.5, 0.6) is 0 Å². The summed E-state index contributed by atoms with van der Waals surface area (Å²) in [4.78, 5) is 7.22. The van der Waals surface area contributed by atoms with Gasteiger partial charge in [0.25, 0.3) is 0 Å². The predicted molar refractivity (Wildman–Crippen MR) is 71.8 cm³/mol. The average molecular weight is 324 g/mol. The van der Waals surface area contributed by atoms with Crippen LogP contribution >= 0.6 is 0 Å². The van der Waals surface area contributed by atoms with Gasteiger partial charge in [0.05, 0.1) is 11.5 Å². The monoisotopic (exact) mass is 324 g/mol. The highest BCUT2D eigenvalue weighted by molar-refractivity contribution is 7.91. The van der Waals surface area contributed by atoms with Gasteiger partial charge in [-0.05, 0) is 12.3 Å². The van der Waals surface area contributed by atoms with Crippen LogP contribution in [0.15, 0.2) is 6.07 Å². The second-order valence-electron chi connectivity index (χ2n) is 4.86. The van der Waals surface area contributed by atoms with Gasteiger partial charge in [-0.2, -0.15) is 18.2 Å². The number of aromatic nitrogens is 2. The lowest BCUT2D eigenvalue weighted by Crippen LogP contribution is -2.18. The van der Waals surface area contributed by atoms with Crippen LogP contribution in [-0.4, -0.2) is 43.5 Å². The van der Waals surface area contributed by atoms with E-state index in [1.807, 2.05) is 0 Å². The standard InChI is InChI=1S/C11H15F3N4O2S/c1-15-10-17-8(11(12,13)14)4-9(18-10)16-5-7-2-3-21(19,20)6-7/h4,7H,2-3,5-6H2,1H3,(H2,15,16,17,18). The minimum absolute atomic E-state index is 0.0194. The fourth-order valence-electron chi connectivity index (χ4n) is 2.08. The number of hydrogen-bond donors (Lipinski definition) is 2. The van der Waals surface area contributed by atoms with Crippen molar-refractivity contribution in [3.05, 3.63) is 11.8 Å². The Bertz CT molecular complexity index is 618. The van der Waals surface area contributed by atoms with E-state index in [1.165, 1.54) is 7.05 Å². The van der Waals surface area contributed by atoms with Crippen LogP contribution in [-0.2, 0) is 16.0 Å². The molecule has 21 heavy (non-hydrogen) atoms. The van der Waals surface area contributed by atoms with Gasteiger partial charge in [-0.3, -0.25) is 0 Å². The van der Waals surface area contributed by atoms with E-state index in [4.69, 9.17) is 0 Å². The van der Waals surface area contributed by atoms with Crippen molar-refractivity contribution >= 4 is 21.6 Å². The minimum atomic E-state index is -4.57. The lowest BCUT2D eigenvalue weighted by atomic mass is 10.1. The Balaban J connectivity index is 2.09. The first-order chi connectivity index (χ1) is 9.69. The molecule has 1 aromatic rings. The van der Waals surface area contributed by atoms with Crippen molar-refractivity contribution in [1.82, 2.24) is 9.97 Å². The molecule has 1 unspecified atom stereocenters. The zero-order valence-corrected chi connectivity index (χ0v) is 12.1. The Morgan fingerprint density at radius 3 is 2.62 bits per heavy atom. The number of nitrogens with one attached hydrogen (secondary N) is 2. The third kappa shape index (κ3) is 4.19. The van der Waals surface area contributed by atoms with Gasteiger partial charge in [-0.25, -0.2) is 13.4 Å². The van der Waals surface area contributed by atoms with Gasteiger partial charge in [0.1, 0.15) is 5.82 Å². The van der Waals surface area contributed by atoms with Gasteiger partial charge in [0.2, 0.25) is 5.95 Å². The molecule has 2 N–H and O–H groups in total. The SMILES string of the molecule is CNc1nc(NCC2CCS(=O)(=O)C2)cc(C(F)(F)F)n1. The second kappa shape index (κ2) is 5.66. The molecule has 10 heteroatoms. The van der Waals surface area contributed by atoms with Crippen LogP contribution in [0.25, 0.3) is 0 Å². The second-order valence-corrected chi connectivity index (χ2v) is 7.09. The number of hydrogen-bond acceptors (Lipinski definition) is 6. The number of nitrogens with zero attached hydrogens (tertiary/aromatic N) is 2. The molecule has 2 heterocycles. The molecule has 0 bridgehead atoms. The van der Waals surface area contributed by atoms with Crippen LogP contribution in [0.4, 0.5) is 24.9 Å². The van der Waals surface area contributed by atoms with Crippen LogP contribution in [0.1, 0.15) is 12.1 Å². The third-order valence-corrected chi connectivity index (χ3v) is 4.98. The van der Waals surface area contributed by atoms with E-state index in [1.54, 1.807) is 0 Å². The molecule has 0 aromatic carbocycles. The molecule has 0 aliphatic carbocycles. The quantitative estimate of drug-likeness (QED) is 0.870. The van der Waals surface area contributed by atoms with Crippen LogP contribution in [0.3, 0.4) is 0 Å². The maximum Gasteiger partial charge on any atom is 0.433 e. The largest absolute Gasteiger partial charge is 0.433 e.